The zero-order chi connectivity index (χ0) is 21.4. The number of amides is 1. The predicted octanol–water partition coefficient (Wildman–Crippen LogP) is 5.18. The molecule has 0 bridgehead atoms. The second-order valence-corrected chi connectivity index (χ2v) is 8.21. The molecule has 6 nitrogen and oxygen atoms in total. The number of nitrogens with zero attached hydrogens (tertiary/aromatic N) is 2. The molecule has 0 N–H and O–H groups in total. The number of fused-ring (bicyclic) bond motifs is 2. The standard InChI is InChI=1S/C24H20N2O4S/c1-2-3-12-29-16-8-6-7-15(14-16)20-19-21(27)17-9-4-5-10-18(17)30-22(19)23(28)26(20)24-25-11-13-31-24/h4-11,13-14,20H,2-3,12H2,1H3/t20-/m1/s1. The summed E-state index contributed by atoms with van der Waals surface area (Å²) in [5.74, 6) is 0.410. The molecule has 0 unspecified atom stereocenters. The van der Waals surface area contributed by atoms with Gasteiger partial charge in [0.25, 0.3) is 5.91 Å². The van der Waals surface area contributed by atoms with E-state index in [0.717, 1.165) is 18.4 Å². The number of rotatable bonds is 6. The van der Waals surface area contributed by atoms with Crippen molar-refractivity contribution in [2.45, 2.75) is 25.8 Å². The minimum atomic E-state index is -0.635. The van der Waals surface area contributed by atoms with Crippen molar-refractivity contribution in [2.24, 2.45) is 0 Å². The van der Waals surface area contributed by atoms with Gasteiger partial charge in [0, 0.05) is 11.6 Å². The molecular formula is C24H20N2O4S. The van der Waals surface area contributed by atoms with Gasteiger partial charge in [-0.1, -0.05) is 37.6 Å². The Balaban J connectivity index is 1.69. The average Bonchev–Trinajstić information content (AvgIpc) is 3.41. The van der Waals surface area contributed by atoms with E-state index in [9.17, 15) is 9.59 Å². The molecular weight excluding hydrogens is 412 g/mol. The van der Waals surface area contributed by atoms with Gasteiger partial charge in [-0.3, -0.25) is 14.5 Å². The predicted molar refractivity (Wildman–Crippen MR) is 120 cm³/mol. The minimum Gasteiger partial charge on any atom is -0.494 e. The normalized spacial score (nSPS) is 15.5. The molecule has 0 aliphatic carbocycles. The number of hydrogen-bond acceptors (Lipinski definition) is 6. The molecule has 1 aliphatic rings. The molecule has 1 amide bonds. The number of unbranched alkanes of at least 4 members (excludes halogenated alkanes) is 1. The van der Waals surface area contributed by atoms with E-state index in [4.69, 9.17) is 9.15 Å². The first-order valence-electron chi connectivity index (χ1n) is 10.2. The van der Waals surface area contributed by atoms with E-state index < -0.39 is 6.04 Å². The Morgan fingerprint density at radius 2 is 2.03 bits per heavy atom. The van der Waals surface area contributed by atoms with E-state index in [0.29, 0.717) is 34.0 Å². The first-order valence-corrected chi connectivity index (χ1v) is 11.1. The van der Waals surface area contributed by atoms with E-state index >= 15 is 0 Å². The SMILES string of the molecule is CCCCOc1cccc([C@@H]2c3c(oc4ccccc4c3=O)C(=O)N2c2nccs2)c1. The smallest absolute Gasteiger partial charge is 0.297 e. The van der Waals surface area contributed by atoms with Gasteiger partial charge in [0.1, 0.15) is 11.3 Å². The van der Waals surface area contributed by atoms with Gasteiger partial charge in [-0.25, -0.2) is 4.98 Å². The minimum absolute atomic E-state index is 0.0706. The van der Waals surface area contributed by atoms with Gasteiger partial charge in [-0.05, 0) is 36.2 Å². The van der Waals surface area contributed by atoms with E-state index in [1.165, 1.54) is 11.3 Å². The van der Waals surface area contributed by atoms with Crippen LogP contribution in [-0.2, 0) is 0 Å². The molecule has 31 heavy (non-hydrogen) atoms. The van der Waals surface area contributed by atoms with Crippen molar-refractivity contribution >= 4 is 33.3 Å². The number of aromatic nitrogens is 1. The molecule has 156 valence electrons. The molecule has 5 rings (SSSR count). The third kappa shape index (κ3) is 3.31. The lowest BCUT2D eigenvalue weighted by Gasteiger charge is -2.23. The van der Waals surface area contributed by atoms with Crippen LogP contribution in [-0.4, -0.2) is 17.5 Å². The van der Waals surface area contributed by atoms with E-state index in [1.807, 2.05) is 24.3 Å². The topological polar surface area (TPSA) is 72.6 Å². The van der Waals surface area contributed by atoms with Gasteiger partial charge in [-0.2, -0.15) is 0 Å². The number of thiazole rings is 1. The van der Waals surface area contributed by atoms with Crippen LogP contribution < -0.4 is 15.1 Å². The Labute approximate surface area is 182 Å². The van der Waals surface area contributed by atoms with Crippen molar-refractivity contribution in [2.75, 3.05) is 11.5 Å². The van der Waals surface area contributed by atoms with Crippen LogP contribution in [0.4, 0.5) is 5.13 Å². The summed E-state index contributed by atoms with van der Waals surface area (Å²) in [4.78, 5) is 32.8. The fourth-order valence-corrected chi connectivity index (χ4v) is 4.54. The highest BCUT2D eigenvalue weighted by Crippen LogP contribution is 2.42. The molecule has 0 fully saturated rings. The van der Waals surface area contributed by atoms with Crippen LogP contribution in [0.25, 0.3) is 11.0 Å². The highest BCUT2D eigenvalue weighted by molar-refractivity contribution is 7.13. The summed E-state index contributed by atoms with van der Waals surface area (Å²) in [5.41, 5.74) is 1.31. The van der Waals surface area contributed by atoms with Crippen LogP contribution in [0.1, 0.15) is 47.5 Å². The lowest BCUT2D eigenvalue weighted by atomic mass is 9.98. The summed E-state index contributed by atoms with van der Waals surface area (Å²) >= 11 is 1.34. The summed E-state index contributed by atoms with van der Waals surface area (Å²) < 4.78 is 11.8. The second kappa shape index (κ2) is 8.00. The molecule has 1 aliphatic heterocycles. The van der Waals surface area contributed by atoms with Crippen LogP contribution in [0.2, 0.25) is 0 Å². The van der Waals surface area contributed by atoms with Crippen LogP contribution in [0, 0.1) is 0 Å². The maximum absolute atomic E-state index is 13.5. The Morgan fingerprint density at radius 3 is 2.84 bits per heavy atom. The Kier molecular flexibility index (Phi) is 5.03. The number of para-hydroxylation sites is 1. The summed E-state index contributed by atoms with van der Waals surface area (Å²) in [6, 6.07) is 13.9. The number of hydrogen-bond donors (Lipinski definition) is 0. The second-order valence-electron chi connectivity index (χ2n) is 7.34. The molecule has 1 atom stereocenters. The number of carbonyl (C=O) groups is 1. The van der Waals surface area contributed by atoms with E-state index in [2.05, 4.69) is 11.9 Å². The summed E-state index contributed by atoms with van der Waals surface area (Å²) in [7, 11) is 0. The summed E-state index contributed by atoms with van der Waals surface area (Å²) in [6.45, 7) is 2.72. The molecule has 2 aromatic heterocycles. The monoisotopic (exact) mass is 432 g/mol. The third-order valence-electron chi connectivity index (χ3n) is 5.34. The maximum Gasteiger partial charge on any atom is 0.297 e. The molecule has 0 saturated heterocycles. The molecule has 0 saturated carbocycles. The van der Waals surface area contributed by atoms with Gasteiger partial charge in [-0.15, -0.1) is 11.3 Å². The summed E-state index contributed by atoms with van der Waals surface area (Å²) in [5, 5.41) is 2.77. The molecule has 0 spiro atoms. The fraction of sp³-hybridized carbons (Fsp3) is 0.208. The first kappa shape index (κ1) is 19.5. The van der Waals surface area contributed by atoms with Crippen LogP contribution in [0.3, 0.4) is 0 Å². The van der Waals surface area contributed by atoms with Crippen molar-refractivity contribution in [3.63, 3.8) is 0 Å². The van der Waals surface area contributed by atoms with Gasteiger partial charge in [0.2, 0.25) is 5.76 Å². The lowest BCUT2D eigenvalue weighted by Crippen LogP contribution is -2.29. The van der Waals surface area contributed by atoms with Crippen molar-refractivity contribution < 1.29 is 13.9 Å². The van der Waals surface area contributed by atoms with E-state index in [-0.39, 0.29) is 17.1 Å². The van der Waals surface area contributed by atoms with Crippen LogP contribution >= 0.6 is 11.3 Å². The van der Waals surface area contributed by atoms with Crippen LogP contribution in [0.15, 0.2) is 69.3 Å². The van der Waals surface area contributed by atoms with Crippen molar-refractivity contribution in [1.29, 1.82) is 0 Å². The quantitative estimate of drug-likeness (QED) is 0.393. The highest BCUT2D eigenvalue weighted by Gasteiger charge is 2.44. The van der Waals surface area contributed by atoms with Crippen molar-refractivity contribution in [3.8, 4) is 5.75 Å². The Hall–Kier alpha value is -3.45. The molecule has 2 aromatic carbocycles. The third-order valence-corrected chi connectivity index (χ3v) is 6.11. The number of ether oxygens (including phenoxy) is 1. The largest absolute Gasteiger partial charge is 0.494 e. The van der Waals surface area contributed by atoms with Gasteiger partial charge >= 0.3 is 0 Å². The first-order chi connectivity index (χ1) is 15.2. The zero-order valence-corrected chi connectivity index (χ0v) is 17.7. The Morgan fingerprint density at radius 1 is 1.16 bits per heavy atom. The van der Waals surface area contributed by atoms with Crippen LogP contribution in [0.5, 0.6) is 5.75 Å². The van der Waals surface area contributed by atoms with E-state index in [1.54, 1.807) is 40.7 Å². The Bertz CT molecular complexity index is 1310. The molecule has 7 heteroatoms. The highest BCUT2D eigenvalue weighted by atomic mass is 32.1. The van der Waals surface area contributed by atoms with Crippen molar-refractivity contribution in [3.05, 3.63) is 87.2 Å². The van der Waals surface area contributed by atoms with Gasteiger partial charge in [0.05, 0.1) is 23.6 Å². The molecule has 0 radical (unpaired) electrons. The lowest BCUT2D eigenvalue weighted by molar-refractivity contribution is 0.0971. The van der Waals surface area contributed by atoms with Gasteiger partial charge in [0.15, 0.2) is 10.6 Å². The average molecular weight is 433 g/mol. The number of carbonyl (C=O) groups excluding carboxylic acids is 1. The summed E-state index contributed by atoms with van der Waals surface area (Å²) in [6.07, 6.45) is 3.63. The maximum atomic E-state index is 13.5. The number of anilines is 1. The van der Waals surface area contributed by atoms with Crippen molar-refractivity contribution in [1.82, 2.24) is 4.98 Å². The van der Waals surface area contributed by atoms with Gasteiger partial charge < -0.3 is 9.15 Å². The zero-order valence-electron chi connectivity index (χ0n) is 16.9. The molecule has 4 aromatic rings. The molecule has 3 heterocycles. The number of benzene rings is 2. The fourth-order valence-electron chi connectivity index (χ4n) is 3.88.